The summed E-state index contributed by atoms with van der Waals surface area (Å²) < 4.78 is 0. The van der Waals surface area contributed by atoms with E-state index in [9.17, 15) is 9.59 Å². The van der Waals surface area contributed by atoms with Crippen molar-refractivity contribution < 1.29 is 9.59 Å². The summed E-state index contributed by atoms with van der Waals surface area (Å²) in [5, 5.41) is 9.43. The molecule has 1 aliphatic rings. The van der Waals surface area contributed by atoms with E-state index in [1.54, 1.807) is 11.8 Å². The Labute approximate surface area is 212 Å². The van der Waals surface area contributed by atoms with Gasteiger partial charge in [-0.2, -0.15) is 0 Å². The predicted molar refractivity (Wildman–Crippen MR) is 146 cm³/mol. The Morgan fingerprint density at radius 2 is 1.50 bits per heavy atom. The number of anilines is 1. The summed E-state index contributed by atoms with van der Waals surface area (Å²) >= 11 is 1.74. The Kier molecular flexibility index (Phi) is 15.1. The van der Waals surface area contributed by atoms with Crippen molar-refractivity contribution in [2.45, 2.75) is 115 Å². The Morgan fingerprint density at radius 1 is 0.912 bits per heavy atom. The minimum absolute atomic E-state index is 0.0746. The second-order valence-electron chi connectivity index (χ2n) is 9.63. The van der Waals surface area contributed by atoms with Crippen LogP contribution in [0.5, 0.6) is 0 Å². The van der Waals surface area contributed by atoms with Crippen molar-refractivity contribution in [3.05, 3.63) is 29.8 Å². The fourth-order valence-corrected chi connectivity index (χ4v) is 5.68. The highest BCUT2D eigenvalue weighted by atomic mass is 32.2. The first kappa shape index (κ1) is 28.7. The van der Waals surface area contributed by atoms with Crippen molar-refractivity contribution in [1.29, 1.82) is 0 Å². The Bertz CT molecular complexity index is 713. The van der Waals surface area contributed by atoms with Gasteiger partial charge in [-0.05, 0) is 24.1 Å². The zero-order valence-electron chi connectivity index (χ0n) is 21.5. The van der Waals surface area contributed by atoms with Crippen LogP contribution in [0.2, 0.25) is 0 Å². The maximum absolute atomic E-state index is 12.5. The summed E-state index contributed by atoms with van der Waals surface area (Å²) in [5.41, 5.74) is 1.87. The number of hydrogen-bond donors (Lipinski definition) is 3. The van der Waals surface area contributed by atoms with Gasteiger partial charge in [0, 0.05) is 24.9 Å². The highest BCUT2D eigenvalue weighted by Crippen LogP contribution is 2.33. The fraction of sp³-hybridized carbons (Fsp3) is 0.714. The van der Waals surface area contributed by atoms with Crippen LogP contribution in [0.4, 0.5) is 5.69 Å². The van der Waals surface area contributed by atoms with Gasteiger partial charge in [0.1, 0.15) is 0 Å². The highest BCUT2D eigenvalue weighted by molar-refractivity contribution is 7.99. The van der Waals surface area contributed by atoms with Crippen LogP contribution in [-0.2, 0) is 9.59 Å². The molecule has 1 aromatic carbocycles. The number of unbranched alkanes of at least 4 members (excludes halogenated alkanes) is 13. The van der Waals surface area contributed by atoms with Crippen LogP contribution >= 0.6 is 11.8 Å². The van der Waals surface area contributed by atoms with Crippen molar-refractivity contribution >= 4 is 29.3 Å². The Morgan fingerprint density at radius 3 is 2.09 bits per heavy atom. The van der Waals surface area contributed by atoms with Crippen molar-refractivity contribution in [2.24, 2.45) is 0 Å². The summed E-state index contributed by atoms with van der Waals surface area (Å²) in [7, 11) is 0. The normalized spacial score (nSPS) is 17.6. The monoisotopic (exact) mass is 489 g/mol. The number of benzene rings is 1. The molecule has 192 valence electrons. The Hall–Kier alpha value is -1.53. The molecule has 1 aromatic rings. The van der Waals surface area contributed by atoms with Gasteiger partial charge in [0.25, 0.3) is 0 Å². The van der Waals surface area contributed by atoms with Crippen LogP contribution in [0.3, 0.4) is 0 Å². The van der Waals surface area contributed by atoms with Gasteiger partial charge in [-0.15, -0.1) is 11.8 Å². The molecule has 3 N–H and O–H groups in total. The van der Waals surface area contributed by atoms with E-state index in [-0.39, 0.29) is 23.2 Å². The number of rotatable bonds is 18. The van der Waals surface area contributed by atoms with Gasteiger partial charge in [0.05, 0.1) is 11.4 Å². The van der Waals surface area contributed by atoms with Crippen LogP contribution in [0.1, 0.15) is 115 Å². The topological polar surface area (TPSA) is 70.2 Å². The average Bonchev–Trinajstić information content (AvgIpc) is 3.32. The van der Waals surface area contributed by atoms with Crippen LogP contribution < -0.4 is 16.0 Å². The summed E-state index contributed by atoms with van der Waals surface area (Å²) in [6.07, 6.45) is 18.8. The molecule has 5 nitrogen and oxygen atoms in total. The first-order valence-electron chi connectivity index (χ1n) is 13.6. The number of nitrogens with one attached hydrogen (secondary N) is 3. The zero-order valence-corrected chi connectivity index (χ0v) is 22.3. The molecule has 0 spiro atoms. The minimum atomic E-state index is -0.161. The number of amides is 2. The lowest BCUT2D eigenvalue weighted by Gasteiger charge is -2.15. The molecule has 0 aliphatic carbocycles. The van der Waals surface area contributed by atoms with E-state index in [2.05, 4.69) is 22.9 Å². The quantitative estimate of drug-likeness (QED) is 0.195. The van der Waals surface area contributed by atoms with Gasteiger partial charge in [-0.3, -0.25) is 14.9 Å². The Balaban J connectivity index is 1.45. The van der Waals surface area contributed by atoms with Crippen molar-refractivity contribution in [3.8, 4) is 0 Å². The molecule has 0 bridgehead atoms. The van der Waals surface area contributed by atoms with Crippen molar-refractivity contribution in [1.82, 2.24) is 10.6 Å². The summed E-state index contributed by atoms with van der Waals surface area (Å²) in [6, 6.07) is 7.66. The smallest absolute Gasteiger partial charge is 0.238 e. The molecule has 0 radical (unpaired) electrons. The molecule has 1 fully saturated rings. The van der Waals surface area contributed by atoms with Crippen LogP contribution in [0.15, 0.2) is 24.3 Å². The lowest BCUT2D eigenvalue weighted by atomic mass is 10.0. The van der Waals surface area contributed by atoms with Gasteiger partial charge in [0.15, 0.2) is 0 Å². The second-order valence-corrected chi connectivity index (χ2v) is 10.8. The number of carbonyl (C=O) groups is 2. The fourth-order valence-electron chi connectivity index (χ4n) is 4.45. The maximum atomic E-state index is 12.5. The SMILES string of the molecule is CCCCCCCCCCCCCCCCNC(=O)[C@H]1CSC(c2cccc(NC(C)=O)c2)N1. The summed E-state index contributed by atoms with van der Waals surface area (Å²) in [5.74, 6) is 0.784. The second kappa shape index (κ2) is 17.8. The zero-order chi connectivity index (χ0) is 24.4. The van der Waals surface area contributed by atoms with Crippen molar-refractivity contribution in [3.63, 3.8) is 0 Å². The van der Waals surface area contributed by atoms with Crippen LogP contribution in [-0.4, -0.2) is 30.2 Å². The van der Waals surface area contributed by atoms with Gasteiger partial charge in [-0.25, -0.2) is 0 Å². The first-order chi connectivity index (χ1) is 16.6. The lowest BCUT2D eigenvalue weighted by Crippen LogP contribution is -2.42. The van der Waals surface area contributed by atoms with Gasteiger partial charge < -0.3 is 10.6 Å². The van der Waals surface area contributed by atoms with E-state index >= 15 is 0 Å². The molecule has 1 aliphatic heterocycles. The maximum Gasteiger partial charge on any atom is 0.238 e. The van der Waals surface area contributed by atoms with E-state index in [4.69, 9.17) is 0 Å². The van der Waals surface area contributed by atoms with Crippen molar-refractivity contribution in [2.75, 3.05) is 17.6 Å². The van der Waals surface area contributed by atoms with Gasteiger partial charge in [-0.1, -0.05) is 103 Å². The molecule has 2 rings (SSSR count). The third-order valence-corrected chi connectivity index (χ3v) is 7.71. The number of thioether (sulfide) groups is 1. The molecule has 0 aromatic heterocycles. The summed E-state index contributed by atoms with van der Waals surface area (Å²) in [4.78, 5) is 23.8. The molecule has 1 heterocycles. The standard InChI is InChI=1S/C28H47N3O2S/c1-3-4-5-6-7-8-9-10-11-12-13-14-15-16-20-29-27(33)26-22-34-28(31-26)24-18-17-19-25(21-24)30-23(2)32/h17-19,21,26,28,31H,3-16,20,22H2,1-2H3,(H,29,33)(H,30,32)/t26-,28?/m1/s1. The third-order valence-electron chi connectivity index (χ3n) is 6.44. The van der Waals surface area contributed by atoms with Gasteiger partial charge >= 0.3 is 0 Å². The number of hydrogen-bond acceptors (Lipinski definition) is 4. The summed E-state index contributed by atoms with van der Waals surface area (Å²) in [6.45, 7) is 4.55. The molecule has 1 saturated heterocycles. The molecular formula is C28H47N3O2S. The molecule has 1 unspecified atom stereocenters. The lowest BCUT2D eigenvalue weighted by molar-refractivity contribution is -0.122. The molecule has 6 heteroatoms. The highest BCUT2D eigenvalue weighted by Gasteiger charge is 2.30. The molecular weight excluding hydrogens is 442 g/mol. The van der Waals surface area contributed by atoms with E-state index in [1.807, 2.05) is 24.3 Å². The number of carbonyl (C=O) groups excluding carboxylic acids is 2. The van der Waals surface area contributed by atoms with Crippen LogP contribution in [0, 0.1) is 0 Å². The molecule has 0 saturated carbocycles. The van der Waals surface area contributed by atoms with Gasteiger partial charge in [0.2, 0.25) is 11.8 Å². The molecule has 2 atom stereocenters. The molecule has 34 heavy (non-hydrogen) atoms. The van der Waals surface area contributed by atoms with E-state index in [1.165, 1.54) is 90.4 Å². The van der Waals surface area contributed by atoms with E-state index in [0.29, 0.717) is 0 Å². The molecule has 2 amide bonds. The van der Waals surface area contributed by atoms with E-state index < -0.39 is 0 Å². The predicted octanol–water partition coefficient (Wildman–Crippen LogP) is 6.95. The average molecular weight is 490 g/mol. The third kappa shape index (κ3) is 12.3. The first-order valence-corrected chi connectivity index (χ1v) is 14.7. The van der Waals surface area contributed by atoms with E-state index in [0.717, 1.165) is 30.0 Å². The van der Waals surface area contributed by atoms with Crippen LogP contribution in [0.25, 0.3) is 0 Å². The minimum Gasteiger partial charge on any atom is -0.355 e. The largest absolute Gasteiger partial charge is 0.355 e.